The Balaban J connectivity index is 1.46. The van der Waals surface area contributed by atoms with Gasteiger partial charge in [-0.3, -0.25) is 9.59 Å². The number of pyridine rings is 1. The first kappa shape index (κ1) is 21.4. The van der Waals surface area contributed by atoms with E-state index in [9.17, 15) is 9.59 Å². The molecule has 2 fully saturated rings. The summed E-state index contributed by atoms with van der Waals surface area (Å²) in [6.07, 6.45) is 2.09. The molecule has 0 aliphatic carbocycles. The molecule has 2 aliphatic rings. The van der Waals surface area contributed by atoms with E-state index in [-0.39, 0.29) is 11.5 Å². The van der Waals surface area contributed by atoms with Gasteiger partial charge in [0.25, 0.3) is 5.56 Å². The third kappa shape index (κ3) is 3.90. The Morgan fingerprint density at radius 1 is 1.09 bits per heavy atom. The van der Waals surface area contributed by atoms with Crippen molar-refractivity contribution >= 4 is 74.4 Å². The highest BCUT2D eigenvalue weighted by Gasteiger charge is 2.28. The topological polar surface area (TPSA) is 86.6 Å². The zero-order chi connectivity index (χ0) is 22.4. The highest BCUT2D eigenvalue weighted by atomic mass is 127. The lowest BCUT2D eigenvalue weighted by molar-refractivity contribution is -0.122. The van der Waals surface area contributed by atoms with Crippen molar-refractivity contribution in [3.63, 3.8) is 0 Å². The number of carbonyl (C=O) groups is 1. The molecule has 0 spiro atoms. The van der Waals surface area contributed by atoms with E-state index in [0.717, 1.165) is 42.8 Å². The van der Waals surface area contributed by atoms with E-state index in [1.807, 2.05) is 18.2 Å². The van der Waals surface area contributed by atoms with Gasteiger partial charge >= 0.3 is 0 Å². The Hall–Kier alpha value is -2.44. The maximum absolute atomic E-state index is 12.7. The van der Waals surface area contributed by atoms with E-state index in [4.69, 9.17) is 11.6 Å². The van der Waals surface area contributed by atoms with Crippen molar-refractivity contribution in [2.45, 2.75) is 6.42 Å². The number of fused-ring (bicyclic) bond motifs is 1. The van der Waals surface area contributed by atoms with Crippen molar-refractivity contribution in [1.82, 2.24) is 17.6 Å². The standard InChI is InChI=1S/C21H21ClIN7O2/c1-27-16-3-2-14(10-13(16)11-17(20(27)32)30-5-4-18(30)31)25-19-15(22)12-24-21(26-19)28-6-8-29(23)9-7-28/h2-3,10-12H,4-9H2,1H3,(H,24,25,26). The lowest BCUT2D eigenvalue weighted by atomic mass is 10.1. The molecule has 32 heavy (non-hydrogen) atoms. The second kappa shape index (κ2) is 8.49. The van der Waals surface area contributed by atoms with Crippen LogP contribution in [0.2, 0.25) is 5.02 Å². The summed E-state index contributed by atoms with van der Waals surface area (Å²) in [6, 6.07) is 7.45. The third-order valence-electron chi connectivity index (χ3n) is 5.85. The molecule has 4 heterocycles. The zero-order valence-electron chi connectivity index (χ0n) is 17.4. The Morgan fingerprint density at radius 3 is 2.56 bits per heavy atom. The van der Waals surface area contributed by atoms with Crippen LogP contribution in [0.4, 0.5) is 23.1 Å². The highest BCUT2D eigenvalue weighted by Crippen LogP contribution is 2.29. The minimum Gasteiger partial charge on any atom is -0.339 e. The summed E-state index contributed by atoms with van der Waals surface area (Å²) in [7, 11) is 1.72. The number of benzene rings is 1. The minimum absolute atomic E-state index is 0.0283. The number of aromatic nitrogens is 3. The number of β-lactam (4-membered cyclic amide) rings is 1. The van der Waals surface area contributed by atoms with Gasteiger partial charge in [-0.1, -0.05) is 11.6 Å². The van der Waals surface area contributed by atoms with E-state index in [2.05, 4.69) is 46.2 Å². The van der Waals surface area contributed by atoms with Crippen molar-refractivity contribution in [1.29, 1.82) is 0 Å². The normalized spacial score (nSPS) is 17.0. The highest BCUT2D eigenvalue weighted by molar-refractivity contribution is 14.1. The number of hydrogen-bond acceptors (Lipinski definition) is 7. The summed E-state index contributed by atoms with van der Waals surface area (Å²) in [5, 5.41) is 4.55. The largest absolute Gasteiger partial charge is 0.339 e. The number of amides is 1. The Kier molecular flexibility index (Phi) is 5.68. The van der Waals surface area contributed by atoms with Crippen molar-refractivity contribution in [2.75, 3.05) is 47.8 Å². The number of halogens is 2. The van der Waals surface area contributed by atoms with E-state index in [1.165, 1.54) is 4.90 Å². The molecule has 166 valence electrons. The van der Waals surface area contributed by atoms with Gasteiger partial charge in [0.2, 0.25) is 11.9 Å². The van der Waals surface area contributed by atoms with Crippen LogP contribution in [0.3, 0.4) is 0 Å². The van der Waals surface area contributed by atoms with Gasteiger partial charge in [0.15, 0.2) is 5.82 Å². The summed E-state index contributed by atoms with van der Waals surface area (Å²) in [4.78, 5) is 37.3. The molecule has 11 heteroatoms. The van der Waals surface area contributed by atoms with Gasteiger partial charge in [-0.15, -0.1) is 0 Å². The summed E-state index contributed by atoms with van der Waals surface area (Å²) in [5.74, 6) is 1.14. The third-order valence-corrected chi connectivity index (χ3v) is 7.09. The maximum atomic E-state index is 12.7. The second-order valence-electron chi connectivity index (χ2n) is 7.85. The van der Waals surface area contributed by atoms with Crippen LogP contribution in [0.15, 0.2) is 35.3 Å². The molecular formula is C21H21ClIN7O2. The molecule has 0 radical (unpaired) electrons. The van der Waals surface area contributed by atoms with Crippen molar-refractivity contribution < 1.29 is 4.79 Å². The first-order valence-corrected chi connectivity index (χ1v) is 11.6. The predicted octanol–water partition coefficient (Wildman–Crippen LogP) is 2.93. The first-order chi connectivity index (χ1) is 15.4. The van der Waals surface area contributed by atoms with Gasteiger partial charge in [0.1, 0.15) is 10.7 Å². The van der Waals surface area contributed by atoms with Gasteiger partial charge in [-0.2, -0.15) is 4.98 Å². The molecular weight excluding hydrogens is 545 g/mol. The molecule has 2 aromatic heterocycles. The fourth-order valence-corrected chi connectivity index (χ4v) is 4.49. The second-order valence-corrected chi connectivity index (χ2v) is 9.62. The summed E-state index contributed by atoms with van der Waals surface area (Å²) < 4.78 is 3.82. The number of hydrogen-bond donors (Lipinski definition) is 1. The van der Waals surface area contributed by atoms with E-state index >= 15 is 0 Å². The number of piperazine rings is 1. The van der Waals surface area contributed by atoms with Crippen LogP contribution in [-0.4, -0.2) is 56.3 Å². The van der Waals surface area contributed by atoms with Gasteiger partial charge in [-0.25, -0.2) is 8.10 Å². The van der Waals surface area contributed by atoms with E-state index in [0.29, 0.717) is 35.4 Å². The average Bonchev–Trinajstić information content (AvgIpc) is 2.78. The fraction of sp³-hybridized carbons (Fsp3) is 0.333. The number of anilines is 4. The van der Waals surface area contributed by atoms with Gasteiger partial charge < -0.3 is 19.7 Å². The maximum Gasteiger partial charge on any atom is 0.274 e. The molecule has 9 nitrogen and oxygen atoms in total. The molecule has 3 aromatic rings. The first-order valence-electron chi connectivity index (χ1n) is 10.3. The summed E-state index contributed by atoms with van der Waals surface area (Å²) in [6.45, 7) is 4.17. The van der Waals surface area contributed by atoms with Crippen LogP contribution in [0.1, 0.15) is 6.42 Å². The van der Waals surface area contributed by atoms with Crippen LogP contribution < -0.4 is 20.7 Å². The molecule has 1 aromatic carbocycles. The number of carbonyl (C=O) groups excluding carboxylic acids is 1. The Bertz CT molecular complexity index is 1270. The molecule has 0 atom stereocenters. The monoisotopic (exact) mass is 565 g/mol. The van der Waals surface area contributed by atoms with Crippen LogP contribution in [0, 0.1) is 0 Å². The molecule has 1 N–H and O–H groups in total. The lowest BCUT2D eigenvalue weighted by Crippen LogP contribution is -2.46. The van der Waals surface area contributed by atoms with Crippen LogP contribution in [-0.2, 0) is 11.8 Å². The smallest absolute Gasteiger partial charge is 0.274 e. The SMILES string of the molecule is Cn1c(=O)c(N2CCC2=O)cc2cc(Nc3nc(N4CCN(I)CC4)ncc3Cl)ccc21. The summed E-state index contributed by atoms with van der Waals surface area (Å²) in [5.41, 5.74) is 1.79. The van der Waals surface area contributed by atoms with Gasteiger partial charge in [0.05, 0.1) is 11.7 Å². The number of nitrogens with one attached hydrogen (secondary N) is 1. The molecule has 5 rings (SSSR count). The van der Waals surface area contributed by atoms with Gasteiger partial charge in [-0.05, 0) is 24.3 Å². The predicted molar refractivity (Wildman–Crippen MR) is 134 cm³/mol. The molecule has 1 amide bonds. The van der Waals surface area contributed by atoms with Crippen molar-refractivity contribution in [3.05, 3.63) is 45.8 Å². The van der Waals surface area contributed by atoms with E-state index < -0.39 is 0 Å². The molecule has 0 bridgehead atoms. The molecule has 2 saturated heterocycles. The van der Waals surface area contributed by atoms with Crippen LogP contribution in [0.25, 0.3) is 10.9 Å². The van der Waals surface area contributed by atoms with Gasteiger partial charge in [0, 0.05) is 80.1 Å². The lowest BCUT2D eigenvalue weighted by Gasteiger charge is -2.31. The van der Waals surface area contributed by atoms with E-state index in [1.54, 1.807) is 23.9 Å². The number of nitrogens with zero attached hydrogens (tertiary/aromatic N) is 6. The number of aryl methyl sites for hydroxylation is 1. The Labute approximate surface area is 203 Å². The van der Waals surface area contributed by atoms with Crippen LogP contribution >= 0.6 is 34.5 Å². The van der Waals surface area contributed by atoms with Crippen molar-refractivity contribution in [3.8, 4) is 0 Å². The minimum atomic E-state index is -0.179. The van der Waals surface area contributed by atoms with Crippen LogP contribution in [0.5, 0.6) is 0 Å². The molecule has 0 saturated carbocycles. The fourth-order valence-electron chi connectivity index (χ4n) is 3.92. The summed E-state index contributed by atoms with van der Waals surface area (Å²) >= 11 is 8.70. The molecule has 2 aliphatic heterocycles. The molecule has 0 unspecified atom stereocenters. The van der Waals surface area contributed by atoms with Crippen molar-refractivity contribution in [2.24, 2.45) is 7.05 Å². The number of rotatable bonds is 4. The quantitative estimate of drug-likeness (QED) is 0.296. The average molecular weight is 566 g/mol. The Morgan fingerprint density at radius 2 is 1.88 bits per heavy atom. The zero-order valence-corrected chi connectivity index (χ0v) is 20.3.